The number of nitrogens with one attached hydrogen (secondary N) is 1. The number of fused-ring (bicyclic) bond motifs is 1. The monoisotopic (exact) mass is 312 g/mol. The summed E-state index contributed by atoms with van der Waals surface area (Å²) in [6, 6.07) is 6.41. The van der Waals surface area contributed by atoms with Crippen LogP contribution in [0, 0.1) is 0 Å². The van der Waals surface area contributed by atoms with Crippen molar-refractivity contribution in [1.82, 2.24) is 4.98 Å². The third-order valence-corrected chi connectivity index (χ3v) is 4.98. The first-order valence-electron chi connectivity index (χ1n) is 7.48. The summed E-state index contributed by atoms with van der Waals surface area (Å²) in [6.45, 7) is 0. The largest absolute Gasteiger partial charge is 0.492 e. The highest BCUT2D eigenvalue weighted by Gasteiger charge is 2.17. The molecule has 0 saturated heterocycles. The minimum Gasteiger partial charge on any atom is -0.492 e. The average molecular weight is 312 g/mol. The number of aromatic nitrogens is 1. The van der Waals surface area contributed by atoms with Crippen molar-refractivity contribution in [3.8, 4) is 5.88 Å². The molecule has 0 bridgehead atoms. The van der Waals surface area contributed by atoms with Gasteiger partial charge in [-0.1, -0.05) is 42.4 Å². The van der Waals surface area contributed by atoms with Crippen LogP contribution in [0.3, 0.4) is 0 Å². The molecule has 2 aliphatic rings. The van der Waals surface area contributed by atoms with Crippen LogP contribution in [0.4, 0.5) is 5.13 Å². The summed E-state index contributed by atoms with van der Waals surface area (Å²) in [6.07, 6.45) is 8.57. The Kier molecular flexibility index (Phi) is 3.38. The molecule has 1 aliphatic heterocycles. The second kappa shape index (κ2) is 5.53. The van der Waals surface area contributed by atoms with Gasteiger partial charge in [0, 0.05) is 16.8 Å². The highest BCUT2D eigenvalue weighted by molar-refractivity contribution is 7.16. The lowest BCUT2D eigenvalue weighted by Gasteiger charge is -2.08. The lowest BCUT2D eigenvalue weighted by molar-refractivity contribution is 0.456. The van der Waals surface area contributed by atoms with Crippen LogP contribution >= 0.6 is 11.3 Å². The van der Waals surface area contributed by atoms with Crippen LogP contribution in [0.2, 0.25) is 0 Å². The summed E-state index contributed by atoms with van der Waals surface area (Å²) in [7, 11) is 0. The van der Waals surface area contributed by atoms with E-state index >= 15 is 0 Å². The van der Waals surface area contributed by atoms with E-state index in [1.165, 1.54) is 37.0 Å². The first-order chi connectivity index (χ1) is 10.8. The molecule has 1 saturated carbocycles. The first-order valence-corrected chi connectivity index (χ1v) is 8.29. The standard InChI is InChI=1S/C16H16N4OS/c21-15-13(22-16(19-15)18-12-6-1-2-7-12)8-10-4-3-5-11-9-17-20-14(10)11/h3-5,8-9,12,21H,1-2,6-7H2,(H,18,19)/b10-8-. The van der Waals surface area contributed by atoms with Gasteiger partial charge in [0.2, 0.25) is 5.88 Å². The Morgan fingerprint density at radius 3 is 3.00 bits per heavy atom. The Balaban J connectivity index is 1.68. The zero-order valence-corrected chi connectivity index (χ0v) is 12.8. The van der Waals surface area contributed by atoms with E-state index in [1.807, 2.05) is 24.3 Å². The summed E-state index contributed by atoms with van der Waals surface area (Å²) in [5, 5.41) is 24.2. The minimum atomic E-state index is 0.0713. The fraction of sp³-hybridized carbons (Fsp3) is 0.312. The van der Waals surface area contributed by atoms with Gasteiger partial charge in [-0.25, -0.2) is 0 Å². The SMILES string of the molecule is Oc1nc(NC2CCCC2)sc1/C=c1/cccc2c1=NN=C2. The van der Waals surface area contributed by atoms with E-state index in [1.54, 1.807) is 6.21 Å². The molecule has 4 rings (SSSR count). The number of aromatic hydroxyl groups is 1. The lowest BCUT2D eigenvalue weighted by atomic mass is 10.2. The van der Waals surface area contributed by atoms with Crippen molar-refractivity contribution in [1.29, 1.82) is 0 Å². The van der Waals surface area contributed by atoms with Gasteiger partial charge in [-0.3, -0.25) is 0 Å². The number of thiazole rings is 1. The molecule has 1 aliphatic carbocycles. The molecule has 0 unspecified atom stereocenters. The molecule has 112 valence electrons. The molecule has 0 atom stereocenters. The summed E-state index contributed by atoms with van der Waals surface area (Å²) in [4.78, 5) is 4.98. The maximum Gasteiger partial charge on any atom is 0.231 e. The van der Waals surface area contributed by atoms with E-state index in [9.17, 15) is 5.11 Å². The third-order valence-electron chi connectivity index (χ3n) is 4.06. The fourth-order valence-corrected chi connectivity index (χ4v) is 3.82. The molecule has 2 N–H and O–H groups in total. The van der Waals surface area contributed by atoms with Crippen molar-refractivity contribution in [3.63, 3.8) is 0 Å². The van der Waals surface area contributed by atoms with Crippen LogP contribution < -0.4 is 15.9 Å². The number of benzene rings is 1. The predicted octanol–water partition coefficient (Wildman–Crippen LogP) is 2.00. The zero-order valence-electron chi connectivity index (χ0n) is 12.0. The van der Waals surface area contributed by atoms with Gasteiger partial charge in [-0.05, 0) is 18.9 Å². The van der Waals surface area contributed by atoms with Gasteiger partial charge >= 0.3 is 0 Å². The Morgan fingerprint density at radius 2 is 2.14 bits per heavy atom. The van der Waals surface area contributed by atoms with Gasteiger partial charge in [0.05, 0.1) is 11.1 Å². The van der Waals surface area contributed by atoms with Gasteiger partial charge in [0.15, 0.2) is 5.13 Å². The normalized spacial score (nSPS) is 17.7. The Bertz CT molecular complexity index is 850. The molecular weight excluding hydrogens is 296 g/mol. The van der Waals surface area contributed by atoms with E-state index in [0.717, 1.165) is 26.1 Å². The van der Waals surface area contributed by atoms with Crippen LogP contribution in [0.5, 0.6) is 5.88 Å². The average Bonchev–Trinajstić information content (AvgIpc) is 3.22. The number of rotatable bonds is 3. The van der Waals surface area contributed by atoms with Gasteiger partial charge in [-0.15, -0.1) is 5.10 Å². The summed E-state index contributed by atoms with van der Waals surface area (Å²) >= 11 is 1.48. The lowest BCUT2D eigenvalue weighted by Crippen LogP contribution is -2.26. The van der Waals surface area contributed by atoms with Crippen molar-refractivity contribution in [3.05, 3.63) is 39.2 Å². The van der Waals surface area contributed by atoms with Crippen LogP contribution in [-0.4, -0.2) is 22.3 Å². The summed E-state index contributed by atoms with van der Waals surface area (Å²) < 4.78 is 0. The minimum absolute atomic E-state index is 0.0713. The molecule has 2 heterocycles. The van der Waals surface area contributed by atoms with Crippen molar-refractivity contribution < 1.29 is 5.11 Å². The van der Waals surface area contributed by atoms with E-state index in [-0.39, 0.29) is 5.88 Å². The van der Waals surface area contributed by atoms with Crippen molar-refractivity contribution in [2.45, 2.75) is 31.7 Å². The van der Waals surface area contributed by atoms with E-state index in [2.05, 4.69) is 20.5 Å². The van der Waals surface area contributed by atoms with E-state index < -0.39 is 0 Å². The van der Waals surface area contributed by atoms with Gasteiger partial charge in [0.25, 0.3) is 0 Å². The van der Waals surface area contributed by atoms with Gasteiger partial charge in [0.1, 0.15) is 5.36 Å². The smallest absolute Gasteiger partial charge is 0.231 e. The Morgan fingerprint density at radius 1 is 1.27 bits per heavy atom. The predicted molar refractivity (Wildman–Crippen MR) is 88.0 cm³/mol. The Labute approximate surface area is 131 Å². The number of hydrogen-bond donors (Lipinski definition) is 2. The maximum absolute atomic E-state index is 10.1. The van der Waals surface area contributed by atoms with Crippen LogP contribution in [0.15, 0.2) is 28.4 Å². The number of nitrogens with zero attached hydrogens (tertiary/aromatic N) is 3. The summed E-state index contributed by atoms with van der Waals surface area (Å²) in [5.41, 5.74) is 1.00. The molecule has 6 heteroatoms. The fourth-order valence-electron chi connectivity index (χ4n) is 2.93. The van der Waals surface area contributed by atoms with Crippen molar-refractivity contribution in [2.75, 3.05) is 5.32 Å². The van der Waals surface area contributed by atoms with Crippen LogP contribution in [0.1, 0.15) is 36.1 Å². The quantitative estimate of drug-likeness (QED) is 0.911. The van der Waals surface area contributed by atoms with E-state index in [4.69, 9.17) is 0 Å². The second-order valence-electron chi connectivity index (χ2n) is 5.61. The first kappa shape index (κ1) is 13.5. The second-order valence-corrected chi connectivity index (χ2v) is 6.64. The van der Waals surface area contributed by atoms with Crippen LogP contribution in [-0.2, 0) is 0 Å². The van der Waals surface area contributed by atoms with E-state index in [0.29, 0.717) is 6.04 Å². The van der Waals surface area contributed by atoms with Gasteiger partial charge < -0.3 is 10.4 Å². The summed E-state index contributed by atoms with van der Waals surface area (Å²) in [5.74, 6) is 0.0713. The zero-order chi connectivity index (χ0) is 14.9. The topological polar surface area (TPSA) is 69.9 Å². The third kappa shape index (κ3) is 2.50. The molecule has 0 spiro atoms. The molecule has 0 amide bonds. The van der Waals surface area contributed by atoms with Crippen LogP contribution in [0.25, 0.3) is 6.08 Å². The molecule has 1 fully saturated rings. The van der Waals surface area contributed by atoms with Crippen molar-refractivity contribution in [2.24, 2.45) is 10.2 Å². The Hall–Kier alpha value is -2.21. The molecule has 1 aromatic carbocycles. The molecule has 22 heavy (non-hydrogen) atoms. The molecular formula is C16H16N4OS. The highest BCUT2D eigenvalue weighted by atomic mass is 32.1. The number of anilines is 1. The van der Waals surface area contributed by atoms with Gasteiger partial charge in [-0.2, -0.15) is 10.1 Å². The maximum atomic E-state index is 10.1. The highest BCUT2D eigenvalue weighted by Crippen LogP contribution is 2.31. The molecule has 2 aromatic rings. The molecule has 0 radical (unpaired) electrons. The number of hydrogen-bond acceptors (Lipinski definition) is 6. The van der Waals surface area contributed by atoms with Crippen molar-refractivity contribution >= 4 is 28.8 Å². The molecule has 1 aromatic heterocycles. The molecule has 5 nitrogen and oxygen atoms in total.